The van der Waals surface area contributed by atoms with Gasteiger partial charge in [-0.15, -0.1) is 0 Å². The number of nitrogens with zero attached hydrogens (tertiary/aromatic N) is 3. The molecule has 0 aliphatic carbocycles. The Balaban J connectivity index is 1.56. The first kappa shape index (κ1) is 27.6. The van der Waals surface area contributed by atoms with Crippen LogP contribution >= 0.6 is 0 Å². The fourth-order valence-electron chi connectivity index (χ4n) is 4.54. The van der Waals surface area contributed by atoms with Crippen molar-refractivity contribution in [1.29, 1.82) is 0 Å². The van der Waals surface area contributed by atoms with Gasteiger partial charge in [-0.2, -0.15) is 8.78 Å². The second-order valence-corrected chi connectivity index (χ2v) is 10.3. The van der Waals surface area contributed by atoms with Crippen molar-refractivity contribution >= 4 is 11.6 Å². The molecule has 0 radical (unpaired) electrons. The van der Waals surface area contributed by atoms with Crippen molar-refractivity contribution in [2.45, 2.75) is 58.7 Å². The predicted octanol–water partition coefficient (Wildman–Crippen LogP) is 5.82. The number of pyridine rings is 1. The summed E-state index contributed by atoms with van der Waals surface area (Å²) in [5.41, 5.74) is 0.663. The molecule has 1 aliphatic rings. The Hall–Kier alpha value is -3.40. The van der Waals surface area contributed by atoms with Gasteiger partial charge in [0.15, 0.2) is 0 Å². The van der Waals surface area contributed by atoms with Crippen LogP contribution in [0.4, 0.5) is 8.78 Å². The maximum atomic E-state index is 13.3. The first-order chi connectivity index (χ1) is 18.1. The largest absolute Gasteiger partial charge is 0.496 e. The third-order valence-electron chi connectivity index (χ3n) is 6.22. The highest BCUT2D eigenvalue weighted by molar-refractivity contribution is 5.97. The van der Waals surface area contributed by atoms with E-state index in [-0.39, 0.29) is 17.1 Å². The standard InChI is InChI=1S/C28H35F2N3O5/c1-28(2,3)38-26(34)25-22(35-4)15-19(16-23(25)37-27(29)30)21-18-31-24-17-20(9-13-33(21)24)36-14-8-12-32-10-6-5-7-11-32/h9,13,15-18,27H,5-8,10-12,14H2,1-4H3. The second-order valence-electron chi connectivity index (χ2n) is 10.3. The van der Waals surface area contributed by atoms with Crippen molar-refractivity contribution in [2.75, 3.05) is 33.4 Å². The van der Waals surface area contributed by atoms with Crippen LogP contribution in [0, 0.1) is 0 Å². The molecule has 1 fully saturated rings. The molecule has 0 bridgehead atoms. The summed E-state index contributed by atoms with van der Waals surface area (Å²) in [6.45, 7) is 5.87. The Morgan fingerprint density at radius 2 is 1.84 bits per heavy atom. The smallest absolute Gasteiger partial charge is 0.387 e. The number of benzene rings is 1. The number of alkyl halides is 2. The molecule has 10 heteroatoms. The molecule has 0 N–H and O–H groups in total. The first-order valence-electron chi connectivity index (χ1n) is 12.9. The minimum Gasteiger partial charge on any atom is -0.496 e. The van der Waals surface area contributed by atoms with Gasteiger partial charge in [-0.1, -0.05) is 6.42 Å². The van der Waals surface area contributed by atoms with Crippen molar-refractivity contribution < 1.29 is 32.5 Å². The molecule has 3 heterocycles. The lowest BCUT2D eigenvalue weighted by molar-refractivity contribution is -0.0509. The average molecular weight is 532 g/mol. The van der Waals surface area contributed by atoms with Crippen molar-refractivity contribution in [2.24, 2.45) is 0 Å². The Bertz CT molecular complexity index is 1250. The number of carbonyl (C=O) groups excluding carboxylic acids is 1. The molecule has 8 nitrogen and oxygen atoms in total. The molecular weight excluding hydrogens is 496 g/mol. The van der Waals surface area contributed by atoms with Gasteiger partial charge >= 0.3 is 12.6 Å². The van der Waals surface area contributed by atoms with Gasteiger partial charge in [0.1, 0.15) is 34.1 Å². The van der Waals surface area contributed by atoms with E-state index in [9.17, 15) is 13.6 Å². The van der Waals surface area contributed by atoms with Crippen molar-refractivity contribution in [3.05, 3.63) is 42.2 Å². The molecule has 1 aromatic carbocycles. The number of ether oxygens (including phenoxy) is 4. The molecular formula is C28H35F2N3O5. The number of fused-ring (bicyclic) bond motifs is 1. The Morgan fingerprint density at radius 1 is 1.11 bits per heavy atom. The Labute approximate surface area is 221 Å². The van der Waals surface area contributed by atoms with Crippen LogP contribution in [0.3, 0.4) is 0 Å². The van der Waals surface area contributed by atoms with E-state index in [0.29, 0.717) is 29.3 Å². The first-order valence-corrected chi connectivity index (χ1v) is 12.9. The minimum absolute atomic E-state index is 0.0519. The number of hydrogen-bond donors (Lipinski definition) is 0. The molecule has 38 heavy (non-hydrogen) atoms. The molecule has 0 atom stereocenters. The number of carbonyl (C=O) groups is 1. The van der Waals surface area contributed by atoms with E-state index >= 15 is 0 Å². The van der Waals surface area contributed by atoms with Crippen LogP contribution in [0.1, 0.15) is 56.8 Å². The van der Waals surface area contributed by atoms with Gasteiger partial charge in [0, 0.05) is 24.4 Å². The summed E-state index contributed by atoms with van der Waals surface area (Å²) in [4.78, 5) is 19.8. The fraction of sp³-hybridized carbons (Fsp3) is 0.500. The van der Waals surface area contributed by atoms with Gasteiger partial charge in [0.2, 0.25) is 0 Å². The third kappa shape index (κ3) is 6.92. The highest BCUT2D eigenvalue weighted by atomic mass is 19.3. The molecule has 3 aromatic rings. The highest BCUT2D eigenvalue weighted by Gasteiger charge is 2.28. The van der Waals surface area contributed by atoms with Gasteiger partial charge in [-0.25, -0.2) is 9.78 Å². The quantitative estimate of drug-likeness (QED) is 0.241. The summed E-state index contributed by atoms with van der Waals surface area (Å²) in [6, 6.07) is 6.60. The molecule has 1 aliphatic heterocycles. The maximum absolute atomic E-state index is 13.3. The number of rotatable bonds is 10. The van der Waals surface area contributed by atoms with Gasteiger partial charge in [-0.3, -0.25) is 4.40 Å². The lowest BCUT2D eigenvalue weighted by Crippen LogP contribution is -2.31. The minimum atomic E-state index is -3.15. The number of hydrogen-bond acceptors (Lipinski definition) is 7. The monoisotopic (exact) mass is 531 g/mol. The van der Waals surface area contributed by atoms with Crippen molar-refractivity contribution in [3.63, 3.8) is 0 Å². The second kappa shape index (κ2) is 12.0. The summed E-state index contributed by atoms with van der Waals surface area (Å²) in [5.74, 6) is -0.409. The summed E-state index contributed by atoms with van der Waals surface area (Å²) in [5, 5.41) is 0. The average Bonchev–Trinajstić information content (AvgIpc) is 3.28. The van der Waals surface area contributed by atoms with Gasteiger partial charge in [0.25, 0.3) is 0 Å². The van der Waals surface area contributed by atoms with E-state index in [1.54, 1.807) is 43.6 Å². The van der Waals surface area contributed by atoms with Crippen molar-refractivity contribution in [1.82, 2.24) is 14.3 Å². The number of likely N-dealkylation sites (tertiary alicyclic amines) is 1. The zero-order chi connectivity index (χ0) is 27.3. The Kier molecular flexibility index (Phi) is 8.71. The summed E-state index contributed by atoms with van der Waals surface area (Å²) in [6.07, 6.45) is 8.22. The van der Waals surface area contributed by atoms with Gasteiger partial charge in [-0.05, 0) is 71.3 Å². The van der Waals surface area contributed by atoms with Crippen molar-refractivity contribution in [3.8, 4) is 28.5 Å². The molecule has 1 saturated heterocycles. The van der Waals surface area contributed by atoms with E-state index in [2.05, 4.69) is 9.88 Å². The molecule has 4 rings (SSSR count). The summed E-state index contributed by atoms with van der Waals surface area (Å²) in [7, 11) is 1.35. The molecule has 0 spiro atoms. The predicted molar refractivity (Wildman–Crippen MR) is 139 cm³/mol. The lowest BCUT2D eigenvalue weighted by Gasteiger charge is -2.26. The normalized spacial score (nSPS) is 14.6. The number of halogens is 2. The Morgan fingerprint density at radius 3 is 2.53 bits per heavy atom. The van der Waals surface area contributed by atoms with Crippen LogP contribution in [-0.2, 0) is 4.74 Å². The van der Waals surface area contributed by atoms with Crippen LogP contribution in [0.15, 0.2) is 36.7 Å². The number of piperidine rings is 1. The summed E-state index contributed by atoms with van der Waals surface area (Å²) >= 11 is 0. The number of esters is 1. The fourth-order valence-corrected chi connectivity index (χ4v) is 4.54. The number of aromatic nitrogens is 2. The molecule has 0 unspecified atom stereocenters. The third-order valence-corrected chi connectivity index (χ3v) is 6.22. The van der Waals surface area contributed by atoms with Crippen LogP contribution in [-0.4, -0.2) is 65.8 Å². The van der Waals surface area contributed by atoms with Crippen LogP contribution in [0.2, 0.25) is 0 Å². The van der Waals surface area contributed by atoms with Crippen LogP contribution < -0.4 is 14.2 Å². The zero-order valence-electron chi connectivity index (χ0n) is 22.3. The van der Waals surface area contributed by atoms with E-state index in [0.717, 1.165) is 26.1 Å². The lowest BCUT2D eigenvalue weighted by atomic mass is 10.1. The topological polar surface area (TPSA) is 74.5 Å². The van der Waals surface area contributed by atoms with E-state index < -0.39 is 18.2 Å². The van der Waals surface area contributed by atoms with Crippen LogP contribution in [0.25, 0.3) is 16.9 Å². The molecule has 206 valence electrons. The number of imidazole rings is 1. The molecule has 0 saturated carbocycles. The SMILES string of the molecule is COc1cc(-c2cnc3cc(OCCCN4CCCCC4)ccn23)cc(OC(F)F)c1C(=O)OC(C)(C)C. The zero-order valence-corrected chi connectivity index (χ0v) is 22.3. The van der Waals surface area contributed by atoms with E-state index in [1.807, 2.05) is 12.1 Å². The molecule has 2 aromatic heterocycles. The number of methoxy groups -OCH3 is 1. The summed E-state index contributed by atoms with van der Waals surface area (Å²) < 4.78 is 49.8. The highest BCUT2D eigenvalue weighted by Crippen LogP contribution is 2.37. The van der Waals surface area contributed by atoms with Gasteiger partial charge in [0.05, 0.1) is 25.6 Å². The van der Waals surface area contributed by atoms with Crippen LogP contribution in [0.5, 0.6) is 17.2 Å². The van der Waals surface area contributed by atoms with E-state index in [1.165, 1.54) is 32.4 Å². The molecule has 0 amide bonds. The van der Waals surface area contributed by atoms with Gasteiger partial charge < -0.3 is 23.8 Å². The maximum Gasteiger partial charge on any atom is 0.387 e. The van der Waals surface area contributed by atoms with E-state index in [4.69, 9.17) is 18.9 Å².